The molecule has 0 aliphatic carbocycles. The number of phosphoric acid groups is 1. The zero-order valence-electron chi connectivity index (χ0n) is 36.6. The number of carbonyl (C=O) groups excluding carboxylic acids is 2. The third-order valence-electron chi connectivity index (χ3n) is 10.5. The van der Waals surface area contributed by atoms with E-state index in [1.807, 2.05) is 0 Å². The van der Waals surface area contributed by atoms with Crippen LogP contribution in [0.3, 0.4) is 0 Å². The van der Waals surface area contributed by atoms with Crippen LogP contribution >= 0.6 is 7.82 Å². The van der Waals surface area contributed by atoms with Crippen molar-refractivity contribution in [1.82, 2.24) is 0 Å². The highest BCUT2D eigenvalue weighted by atomic mass is 31.2. The minimum absolute atomic E-state index is 0.139. The van der Waals surface area contributed by atoms with Gasteiger partial charge in [0, 0.05) is 12.8 Å². The van der Waals surface area contributed by atoms with E-state index in [9.17, 15) is 14.2 Å². The van der Waals surface area contributed by atoms with Gasteiger partial charge in [-0.1, -0.05) is 186 Å². The van der Waals surface area contributed by atoms with Crippen molar-refractivity contribution in [1.29, 1.82) is 0 Å². The summed E-state index contributed by atoms with van der Waals surface area (Å²) in [5.74, 6) is -0.108. The van der Waals surface area contributed by atoms with Crippen molar-refractivity contribution < 1.29 is 42.7 Å². The van der Waals surface area contributed by atoms with Crippen LogP contribution in [0.1, 0.15) is 213 Å². The van der Waals surface area contributed by atoms with Crippen molar-refractivity contribution in [3.8, 4) is 0 Å². The Morgan fingerprint density at radius 3 is 1.67 bits per heavy atom. The third kappa shape index (κ3) is 38.2. The summed E-state index contributed by atoms with van der Waals surface area (Å²) < 4.78 is 32.2. The molecule has 2 N–H and O–H groups in total. The average Bonchev–Trinajstić information content (AvgIpc) is 3.92. The molecule has 57 heavy (non-hydrogen) atoms. The van der Waals surface area contributed by atoms with Crippen LogP contribution in [0.15, 0.2) is 36.5 Å². The standard InChI is InChI=1S/C47H85O9P/c1-4-5-6-7-8-9-10-20-23-26-29-32-36-44-45(56-44)37-34-39-46(48)53-40-43(41-54-57(50,51)52)55-47(49)38-33-30-27-24-21-18-16-14-12-11-13-15-17-19-22-25-28-31-35-42(2)3/h8-9,20,23,29,32,42-45H,4-7,10-19,21-22,24-28,30-31,33-41H2,1-3H3,(H2,50,51,52)/b9-8-,23-20-,32-29-/t43-,44?,45?/m1/s1. The van der Waals surface area contributed by atoms with E-state index in [0.717, 1.165) is 50.9 Å². The Morgan fingerprint density at radius 2 is 1.12 bits per heavy atom. The third-order valence-corrected chi connectivity index (χ3v) is 11.0. The van der Waals surface area contributed by atoms with Crippen molar-refractivity contribution in [2.24, 2.45) is 5.92 Å². The summed E-state index contributed by atoms with van der Waals surface area (Å²) in [7, 11) is -4.78. The molecule has 0 bridgehead atoms. The van der Waals surface area contributed by atoms with E-state index in [4.69, 9.17) is 24.0 Å². The number of unbranched alkanes of at least 4 members (excludes halogenated alkanes) is 20. The Bertz CT molecular complexity index is 1100. The van der Waals surface area contributed by atoms with Crippen LogP contribution in [-0.2, 0) is 32.9 Å². The normalized spacial score (nSPS) is 16.4. The largest absolute Gasteiger partial charge is 0.469 e. The number of phosphoric ester groups is 1. The molecule has 1 rings (SSSR count). The van der Waals surface area contributed by atoms with E-state index in [0.29, 0.717) is 12.8 Å². The van der Waals surface area contributed by atoms with Crippen molar-refractivity contribution in [2.45, 2.75) is 232 Å². The maximum absolute atomic E-state index is 12.5. The molecule has 1 aliphatic rings. The second-order valence-electron chi connectivity index (χ2n) is 16.6. The molecule has 0 saturated carbocycles. The van der Waals surface area contributed by atoms with Crippen molar-refractivity contribution in [2.75, 3.05) is 13.2 Å². The van der Waals surface area contributed by atoms with E-state index >= 15 is 0 Å². The molecule has 9 nitrogen and oxygen atoms in total. The first-order valence-electron chi connectivity index (χ1n) is 23.3. The first kappa shape index (κ1) is 53.2. The Balaban J connectivity index is 2.06. The minimum Gasteiger partial charge on any atom is -0.462 e. The Labute approximate surface area is 348 Å². The predicted molar refractivity (Wildman–Crippen MR) is 234 cm³/mol. The Hall–Kier alpha value is -1.77. The number of ether oxygens (including phenoxy) is 3. The highest BCUT2D eigenvalue weighted by Gasteiger charge is 2.36. The van der Waals surface area contributed by atoms with Crippen LogP contribution in [0.5, 0.6) is 0 Å². The number of esters is 2. The molecule has 1 fully saturated rings. The van der Waals surface area contributed by atoms with Gasteiger partial charge in [0.2, 0.25) is 0 Å². The number of allylic oxidation sites excluding steroid dienone is 5. The molecule has 10 heteroatoms. The van der Waals surface area contributed by atoms with Crippen molar-refractivity contribution >= 4 is 19.8 Å². The van der Waals surface area contributed by atoms with E-state index < -0.39 is 32.5 Å². The molecule has 0 aromatic heterocycles. The van der Waals surface area contributed by atoms with Crippen LogP contribution in [0.4, 0.5) is 0 Å². The topological polar surface area (TPSA) is 132 Å². The van der Waals surface area contributed by atoms with Crippen LogP contribution < -0.4 is 0 Å². The van der Waals surface area contributed by atoms with Crippen LogP contribution in [0.25, 0.3) is 0 Å². The monoisotopic (exact) mass is 825 g/mol. The lowest BCUT2D eigenvalue weighted by molar-refractivity contribution is -0.161. The van der Waals surface area contributed by atoms with Gasteiger partial charge in [-0.2, -0.15) is 0 Å². The van der Waals surface area contributed by atoms with Gasteiger partial charge in [0.15, 0.2) is 6.10 Å². The lowest BCUT2D eigenvalue weighted by atomic mass is 10.0. The Kier molecular flexibility index (Phi) is 34.8. The first-order chi connectivity index (χ1) is 27.6. The molecule has 3 atom stereocenters. The maximum Gasteiger partial charge on any atom is 0.469 e. The van der Waals surface area contributed by atoms with Gasteiger partial charge in [-0.15, -0.1) is 0 Å². The fraction of sp³-hybridized carbons (Fsp3) is 0.830. The summed E-state index contributed by atoms with van der Waals surface area (Å²) in [6, 6.07) is 0. The molecule has 1 heterocycles. The summed E-state index contributed by atoms with van der Waals surface area (Å²) in [6.07, 6.45) is 46.1. The number of hydrogen-bond acceptors (Lipinski definition) is 7. The van der Waals surface area contributed by atoms with Gasteiger partial charge in [0.25, 0.3) is 0 Å². The summed E-state index contributed by atoms with van der Waals surface area (Å²) >= 11 is 0. The smallest absolute Gasteiger partial charge is 0.462 e. The minimum atomic E-state index is -4.78. The van der Waals surface area contributed by atoms with Gasteiger partial charge < -0.3 is 24.0 Å². The van der Waals surface area contributed by atoms with Gasteiger partial charge in [-0.3, -0.25) is 14.1 Å². The molecule has 0 aromatic rings. The molecule has 1 aliphatic heterocycles. The Morgan fingerprint density at radius 1 is 0.614 bits per heavy atom. The van der Waals surface area contributed by atoms with Gasteiger partial charge in [-0.25, -0.2) is 4.57 Å². The maximum atomic E-state index is 12.5. The van der Waals surface area contributed by atoms with Gasteiger partial charge in [0.05, 0.1) is 18.8 Å². The van der Waals surface area contributed by atoms with Crippen molar-refractivity contribution in [3.05, 3.63) is 36.5 Å². The van der Waals surface area contributed by atoms with Gasteiger partial charge in [-0.05, 0) is 57.3 Å². The van der Waals surface area contributed by atoms with Crippen LogP contribution in [0, 0.1) is 5.92 Å². The molecular weight excluding hydrogens is 739 g/mol. The molecule has 1 saturated heterocycles. The first-order valence-corrected chi connectivity index (χ1v) is 24.8. The summed E-state index contributed by atoms with van der Waals surface area (Å²) in [6.45, 7) is 5.97. The second-order valence-corrected chi connectivity index (χ2v) is 17.8. The lowest BCUT2D eigenvalue weighted by Crippen LogP contribution is -2.29. The highest BCUT2D eigenvalue weighted by molar-refractivity contribution is 7.46. The molecule has 0 aromatic carbocycles. The lowest BCUT2D eigenvalue weighted by Gasteiger charge is -2.18. The predicted octanol–water partition coefficient (Wildman–Crippen LogP) is 13.4. The second kappa shape index (κ2) is 37.2. The molecule has 0 radical (unpaired) electrons. The highest BCUT2D eigenvalue weighted by Crippen LogP contribution is 2.36. The van der Waals surface area contributed by atoms with E-state index in [1.165, 1.54) is 122 Å². The molecule has 332 valence electrons. The van der Waals surface area contributed by atoms with Gasteiger partial charge >= 0.3 is 19.8 Å². The van der Waals surface area contributed by atoms with E-state index in [2.05, 4.69) is 61.8 Å². The summed E-state index contributed by atoms with van der Waals surface area (Å²) in [5.41, 5.74) is 0. The van der Waals surface area contributed by atoms with Gasteiger partial charge in [0.1, 0.15) is 6.61 Å². The molecular formula is C47H85O9P. The van der Waals surface area contributed by atoms with E-state index in [-0.39, 0.29) is 31.7 Å². The summed E-state index contributed by atoms with van der Waals surface area (Å²) in [5, 5.41) is 0. The van der Waals surface area contributed by atoms with Crippen LogP contribution in [-0.4, -0.2) is 53.3 Å². The SMILES string of the molecule is CCCCC/C=C\C/C=C\C/C=C\CC1OC1CCCC(=O)OC[C@H](COP(=O)(O)O)OC(=O)CCCCCCCCCCCCCCCCCCCCC(C)C. The molecule has 0 amide bonds. The number of carbonyl (C=O) groups is 2. The molecule has 2 unspecified atom stereocenters. The zero-order chi connectivity index (χ0) is 41.7. The quantitative estimate of drug-likeness (QED) is 0.0203. The average molecular weight is 825 g/mol. The van der Waals surface area contributed by atoms with Crippen LogP contribution in [0.2, 0.25) is 0 Å². The molecule has 0 spiro atoms. The van der Waals surface area contributed by atoms with E-state index in [1.54, 1.807) is 0 Å². The zero-order valence-corrected chi connectivity index (χ0v) is 37.5. The van der Waals surface area contributed by atoms with Crippen molar-refractivity contribution in [3.63, 3.8) is 0 Å². The fourth-order valence-corrected chi connectivity index (χ4v) is 7.30. The number of epoxide rings is 1. The number of hydrogen-bond donors (Lipinski definition) is 2. The number of rotatable bonds is 41. The summed E-state index contributed by atoms with van der Waals surface area (Å²) in [4.78, 5) is 43.1. The fourth-order valence-electron chi connectivity index (χ4n) is 6.94.